The van der Waals surface area contributed by atoms with Gasteiger partial charge in [0.25, 0.3) is 5.91 Å². The lowest BCUT2D eigenvalue weighted by Crippen LogP contribution is -2.38. The first-order valence-electron chi connectivity index (χ1n) is 8.37. The third-order valence-corrected chi connectivity index (χ3v) is 5.36. The van der Waals surface area contributed by atoms with Gasteiger partial charge in [0.15, 0.2) is 0 Å². The number of nitrogens with one attached hydrogen (secondary N) is 1. The number of hydrogen-bond donors (Lipinski definition) is 1. The Morgan fingerprint density at radius 1 is 1.21 bits per heavy atom. The maximum absolute atomic E-state index is 12.8. The second kappa shape index (κ2) is 5.85. The minimum absolute atomic E-state index is 0.101. The van der Waals surface area contributed by atoms with E-state index < -0.39 is 0 Å². The third kappa shape index (κ3) is 2.62. The van der Waals surface area contributed by atoms with Crippen LogP contribution >= 0.6 is 0 Å². The molecule has 2 fully saturated rings. The van der Waals surface area contributed by atoms with Crippen LogP contribution in [-0.4, -0.2) is 46.3 Å². The van der Waals surface area contributed by atoms with E-state index in [0.717, 1.165) is 30.4 Å². The molecule has 2 heterocycles. The first-order valence-corrected chi connectivity index (χ1v) is 8.37. The molecule has 0 unspecified atom stereocenters. The summed E-state index contributed by atoms with van der Waals surface area (Å²) in [5.74, 6) is 0.898. The summed E-state index contributed by atoms with van der Waals surface area (Å²) < 4.78 is 0. The van der Waals surface area contributed by atoms with Gasteiger partial charge in [0, 0.05) is 26.1 Å². The van der Waals surface area contributed by atoms with Crippen molar-refractivity contribution in [2.45, 2.75) is 25.3 Å². The van der Waals surface area contributed by atoms with Gasteiger partial charge < -0.3 is 10.2 Å². The smallest absolute Gasteiger partial charge is 0.274 e. The Balaban J connectivity index is 1.52. The maximum atomic E-state index is 12.8. The van der Waals surface area contributed by atoms with Crippen LogP contribution in [0.1, 0.15) is 29.8 Å². The molecule has 1 aromatic carbocycles. The average molecular weight is 324 g/mol. The number of carbonyl (C=O) groups excluding carboxylic acids is 2. The van der Waals surface area contributed by atoms with E-state index in [2.05, 4.69) is 15.3 Å². The zero-order valence-electron chi connectivity index (χ0n) is 13.6. The maximum Gasteiger partial charge on any atom is 0.274 e. The second-order valence-electron chi connectivity index (χ2n) is 6.81. The number of piperidine rings is 1. The fourth-order valence-electron chi connectivity index (χ4n) is 3.96. The van der Waals surface area contributed by atoms with E-state index in [0.29, 0.717) is 24.0 Å². The van der Waals surface area contributed by atoms with Crippen molar-refractivity contribution in [3.63, 3.8) is 0 Å². The topological polar surface area (TPSA) is 75.2 Å². The van der Waals surface area contributed by atoms with Crippen molar-refractivity contribution in [3.8, 4) is 0 Å². The van der Waals surface area contributed by atoms with Crippen LogP contribution in [0.25, 0.3) is 11.0 Å². The summed E-state index contributed by atoms with van der Waals surface area (Å²) in [6.07, 6.45) is 3.96. The largest absolute Gasteiger partial charge is 0.356 e. The van der Waals surface area contributed by atoms with Gasteiger partial charge in [-0.25, -0.2) is 4.98 Å². The standard InChI is InChI=1S/C18H20N4O2/c1-22(13-6-11-8-17(23)20-9-12(11)7-13)18(24)16-10-19-14-4-2-3-5-15(14)21-16/h2-5,10-13H,6-9H2,1H3,(H,20,23)/t11-,12+,13-/m1/s1. The Morgan fingerprint density at radius 2 is 1.96 bits per heavy atom. The van der Waals surface area contributed by atoms with Gasteiger partial charge in [-0.15, -0.1) is 0 Å². The minimum Gasteiger partial charge on any atom is -0.356 e. The summed E-state index contributed by atoms with van der Waals surface area (Å²) in [4.78, 5) is 34.9. The van der Waals surface area contributed by atoms with E-state index >= 15 is 0 Å². The quantitative estimate of drug-likeness (QED) is 0.911. The SMILES string of the molecule is CN(C(=O)c1cnc2ccccc2n1)[C@H]1C[C@H]2CNC(=O)C[C@H]2C1. The predicted octanol–water partition coefficient (Wildman–Crippen LogP) is 1.62. The number of hydrogen-bond acceptors (Lipinski definition) is 4. The second-order valence-corrected chi connectivity index (χ2v) is 6.81. The summed E-state index contributed by atoms with van der Waals surface area (Å²) >= 11 is 0. The lowest BCUT2D eigenvalue weighted by atomic mass is 9.89. The Morgan fingerprint density at radius 3 is 2.79 bits per heavy atom. The number of para-hydroxylation sites is 2. The number of aromatic nitrogens is 2. The van der Waals surface area contributed by atoms with E-state index in [9.17, 15) is 9.59 Å². The lowest BCUT2D eigenvalue weighted by molar-refractivity contribution is -0.124. The molecular weight excluding hydrogens is 304 g/mol. The number of fused-ring (bicyclic) bond motifs is 2. The van der Waals surface area contributed by atoms with Crippen LogP contribution in [0.15, 0.2) is 30.5 Å². The molecule has 3 atom stereocenters. The Hall–Kier alpha value is -2.50. The zero-order valence-corrected chi connectivity index (χ0v) is 13.6. The van der Waals surface area contributed by atoms with Gasteiger partial charge in [0.2, 0.25) is 5.91 Å². The summed E-state index contributed by atoms with van der Waals surface area (Å²) in [5.41, 5.74) is 1.89. The van der Waals surface area contributed by atoms with Crippen molar-refractivity contribution < 1.29 is 9.59 Å². The molecule has 1 aliphatic carbocycles. The van der Waals surface area contributed by atoms with Gasteiger partial charge in [-0.2, -0.15) is 0 Å². The van der Waals surface area contributed by atoms with Crippen LogP contribution in [0.5, 0.6) is 0 Å². The van der Waals surface area contributed by atoms with Crippen molar-refractivity contribution >= 4 is 22.8 Å². The zero-order chi connectivity index (χ0) is 16.7. The molecule has 1 aliphatic heterocycles. The average Bonchev–Trinajstić information content (AvgIpc) is 3.03. The van der Waals surface area contributed by atoms with Gasteiger partial charge in [-0.3, -0.25) is 14.6 Å². The number of rotatable bonds is 2. The van der Waals surface area contributed by atoms with Gasteiger partial charge in [-0.05, 0) is 36.8 Å². The Labute approximate surface area is 140 Å². The fraction of sp³-hybridized carbons (Fsp3) is 0.444. The van der Waals surface area contributed by atoms with Gasteiger partial charge >= 0.3 is 0 Å². The van der Waals surface area contributed by atoms with Crippen LogP contribution in [-0.2, 0) is 4.79 Å². The summed E-state index contributed by atoms with van der Waals surface area (Å²) in [6.45, 7) is 0.734. The molecule has 6 heteroatoms. The first-order chi connectivity index (χ1) is 11.6. The van der Waals surface area contributed by atoms with E-state index in [1.165, 1.54) is 0 Å². The molecule has 1 N–H and O–H groups in total. The number of carbonyl (C=O) groups is 2. The summed E-state index contributed by atoms with van der Waals surface area (Å²) in [7, 11) is 1.83. The van der Waals surface area contributed by atoms with Crippen LogP contribution in [0.2, 0.25) is 0 Å². The molecular formula is C18H20N4O2. The van der Waals surface area contributed by atoms with Gasteiger partial charge in [0.05, 0.1) is 17.2 Å². The Kier molecular flexibility index (Phi) is 3.67. The molecule has 0 bridgehead atoms. The highest BCUT2D eigenvalue weighted by Gasteiger charge is 2.40. The minimum atomic E-state index is -0.101. The molecule has 2 aromatic rings. The van der Waals surface area contributed by atoms with Crippen molar-refractivity contribution in [2.24, 2.45) is 11.8 Å². The summed E-state index contributed by atoms with van der Waals surface area (Å²) in [6, 6.07) is 7.70. The van der Waals surface area contributed by atoms with Crippen molar-refractivity contribution in [2.75, 3.05) is 13.6 Å². The summed E-state index contributed by atoms with van der Waals surface area (Å²) in [5, 5.41) is 2.93. The van der Waals surface area contributed by atoms with E-state index in [-0.39, 0.29) is 17.9 Å². The van der Waals surface area contributed by atoms with Crippen molar-refractivity contribution in [3.05, 3.63) is 36.2 Å². The van der Waals surface area contributed by atoms with Crippen LogP contribution in [0, 0.1) is 11.8 Å². The first kappa shape index (κ1) is 15.1. The van der Waals surface area contributed by atoms with Gasteiger partial charge in [0.1, 0.15) is 5.69 Å². The number of amides is 2. The molecule has 0 spiro atoms. The predicted molar refractivity (Wildman–Crippen MR) is 89.3 cm³/mol. The highest BCUT2D eigenvalue weighted by molar-refractivity contribution is 5.93. The van der Waals surface area contributed by atoms with Gasteiger partial charge in [-0.1, -0.05) is 12.1 Å². The van der Waals surface area contributed by atoms with Crippen molar-refractivity contribution in [1.29, 1.82) is 0 Å². The number of benzene rings is 1. The molecule has 24 heavy (non-hydrogen) atoms. The molecule has 2 amide bonds. The normalized spacial score (nSPS) is 26.0. The third-order valence-electron chi connectivity index (χ3n) is 5.36. The highest BCUT2D eigenvalue weighted by atomic mass is 16.2. The molecule has 124 valence electrons. The van der Waals surface area contributed by atoms with E-state index in [4.69, 9.17) is 0 Å². The van der Waals surface area contributed by atoms with E-state index in [1.807, 2.05) is 31.3 Å². The Bertz CT molecular complexity index is 806. The van der Waals surface area contributed by atoms with Crippen LogP contribution in [0.4, 0.5) is 0 Å². The number of nitrogens with zero attached hydrogens (tertiary/aromatic N) is 3. The molecule has 4 rings (SSSR count). The molecule has 1 saturated carbocycles. The monoisotopic (exact) mass is 324 g/mol. The van der Waals surface area contributed by atoms with Crippen LogP contribution < -0.4 is 5.32 Å². The molecule has 1 saturated heterocycles. The highest BCUT2D eigenvalue weighted by Crippen LogP contribution is 2.38. The van der Waals surface area contributed by atoms with Crippen LogP contribution in [0.3, 0.4) is 0 Å². The molecule has 0 radical (unpaired) electrons. The lowest BCUT2D eigenvalue weighted by Gasteiger charge is -2.24. The van der Waals surface area contributed by atoms with E-state index in [1.54, 1.807) is 11.1 Å². The van der Waals surface area contributed by atoms with Crippen molar-refractivity contribution in [1.82, 2.24) is 20.2 Å². The molecule has 1 aromatic heterocycles. The molecule has 2 aliphatic rings. The molecule has 6 nitrogen and oxygen atoms in total. The fourth-order valence-corrected chi connectivity index (χ4v) is 3.96.